The van der Waals surface area contributed by atoms with Crippen molar-refractivity contribution in [2.24, 2.45) is 5.73 Å². The molecule has 78 valence electrons. The molecule has 1 unspecified atom stereocenters. The summed E-state index contributed by atoms with van der Waals surface area (Å²) in [6, 6.07) is 6.71. The van der Waals surface area contributed by atoms with Crippen molar-refractivity contribution in [3.05, 3.63) is 29.8 Å². The maximum atomic E-state index is 10.2. The fourth-order valence-electron chi connectivity index (χ4n) is 0.972. The number of benzene rings is 1. The van der Waals surface area contributed by atoms with Gasteiger partial charge >= 0.3 is 0 Å². The molecule has 14 heavy (non-hydrogen) atoms. The molecule has 0 heterocycles. The van der Waals surface area contributed by atoms with Crippen LogP contribution in [0.15, 0.2) is 24.3 Å². The number of nitrogens with two attached hydrogens (primary N) is 1. The van der Waals surface area contributed by atoms with Crippen molar-refractivity contribution >= 4 is 11.0 Å². The highest BCUT2D eigenvalue weighted by molar-refractivity contribution is 7.67. The van der Waals surface area contributed by atoms with Gasteiger partial charge in [0.1, 0.15) is 5.75 Å². The maximum Gasteiger partial charge on any atom is 0.259 e. The van der Waals surface area contributed by atoms with E-state index in [0.717, 1.165) is 0 Å². The van der Waals surface area contributed by atoms with Crippen LogP contribution < -0.4 is 10.5 Å². The van der Waals surface area contributed by atoms with Crippen LogP contribution in [-0.2, 0) is 15.2 Å². The minimum Gasteiger partial charge on any atom is -0.497 e. The van der Waals surface area contributed by atoms with Crippen LogP contribution in [0, 0.1) is 0 Å². The van der Waals surface area contributed by atoms with Gasteiger partial charge in [0.15, 0.2) is 6.23 Å². The van der Waals surface area contributed by atoms with Gasteiger partial charge in [0, 0.05) is 5.56 Å². The van der Waals surface area contributed by atoms with Gasteiger partial charge < -0.3 is 10.5 Å². The summed E-state index contributed by atoms with van der Waals surface area (Å²) in [5.74, 6) is 0.600. The molecular formula is C8H11NO4S. The maximum absolute atomic E-state index is 10.2. The van der Waals surface area contributed by atoms with Crippen LogP contribution in [0.5, 0.6) is 5.75 Å². The fourth-order valence-corrected chi connectivity index (χ4v) is 1.28. The third-order valence-corrected chi connectivity index (χ3v) is 2.02. The molecule has 0 radical (unpaired) electrons. The van der Waals surface area contributed by atoms with Gasteiger partial charge in [-0.1, -0.05) is 12.1 Å². The van der Waals surface area contributed by atoms with Gasteiger partial charge in [-0.25, -0.2) is 12.6 Å². The highest BCUT2D eigenvalue weighted by Crippen LogP contribution is 2.18. The Kier molecular flexibility index (Phi) is 3.87. The standard InChI is InChI=1S/C8H11NO4S/c1-12-7-4-2-3-6(5-7)8(9)13-14(10)11/h2-5,8,14H,9H2,1H3. The summed E-state index contributed by atoms with van der Waals surface area (Å²) in [6.07, 6.45) is -0.980. The van der Waals surface area contributed by atoms with E-state index < -0.39 is 17.2 Å². The van der Waals surface area contributed by atoms with Gasteiger partial charge in [0.05, 0.1) is 7.11 Å². The quantitative estimate of drug-likeness (QED) is 0.556. The number of hydrogen-bond acceptors (Lipinski definition) is 5. The Morgan fingerprint density at radius 1 is 1.43 bits per heavy atom. The molecule has 0 aliphatic carbocycles. The summed E-state index contributed by atoms with van der Waals surface area (Å²) in [7, 11) is -1.43. The predicted molar refractivity (Wildman–Crippen MR) is 51.3 cm³/mol. The van der Waals surface area contributed by atoms with Crippen molar-refractivity contribution in [3.63, 3.8) is 0 Å². The number of hydrogen-bond donors (Lipinski definition) is 2. The Morgan fingerprint density at radius 3 is 2.71 bits per heavy atom. The van der Waals surface area contributed by atoms with Crippen molar-refractivity contribution in [3.8, 4) is 5.75 Å². The monoisotopic (exact) mass is 217 g/mol. The minimum absolute atomic E-state index is 0.545. The number of rotatable bonds is 4. The number of thiol groups is 1. The zero-order valence-corrected chi connectivity index (χ0v) is 8.44. The van der Waals surface area contributed by atoms with Gasteiger partial charge in [-0.15, -0.1) is 0 Å². The van der Waals surface area contributed by atoms with Crippen LogP contribution in [-0.4, -0.2) is 15.5 Å². The van der Waals surface area contributed by atoms with E-state index in [1.54, 1.807) is 24.3 Å². The zero-order chi connectivity index (χ0) is 10.6. The summed E-state index contributed by atoms with van der Waals surface area (Å²) in [4.78, 5) is 0. The molecule has 2 N–H and O–H groups in total. The lowest BCUT2D eigenvalue weighted by Gasteiger charge is -2.09. The molecule has 0 aliphatic rings. The van der Waals surface area contributed by atoms with Gasteiger partial charge in [0.2, 0.25) is 0 Å². The molecule has 0 aromatic heterocycles. The van der Waals surface area contributed by atoms with Crippen LogP contribution in [0.4, 0.5) is 0 Å². The first-order valence-electron chi connectivity index (χ1n) is 3.84. The average molecular weight is 217 g/mol. The summed E-state index contributed by atoms with van der Waals surface area (Å²) >= 11 is 0. The minimum atomic E-state index is -2.94. The molecule has 0 spiro atoms. The molecule has 1 atom stereocenters. The predicted octanol–water partition coefficient (Wildman–Crippen LogP) is 0.196. The molecule has 0 bridgehead atoms. The lowest BCUT2D eigenvalue weighted by atomic mass is 10.2. The normalized spacial score (nSPS) is 12.8. The lowest BCUT2D eigenvalue weighted by molar-refractivity contribution is 0.232. The SMILES string of the molecule is COc1cccc(C(N)O[SH](=O)=O)c1. The third-order valence-electron chi connectivity index (χ3n) is 1.62. The summed E-state index contributed by atoms with van der Waals surface area (Å²) in [6.45, 7) is 0. The second-order valence-electron chi connectivity index (χ2n) is 2.53. The van der Waals surface area contributed by atoms with E-state index in [9.17, 15) is 8.42 Å². The highest BCUT2D eigenvalue weighted by Gasteiger charge is 2.07. The van der Waals surface area contributed by atoms with Crippen molar-refractivity contribution in [2.45, 2.75) is 6.23 Å². The molecule has 0 saturated carbocycles. The van der Waals surface area contributed by atoms with Crippen LogP contribution >= 0.6 is 0 Å². The molecular weight excluding hydrogens is 206 g/mol. The van der Waals surface area contributed by atoms with Crippen LogP contribution in [0.25, 0.3) is 0 Å². The van der Waals surface area contributed by atoms with Crippen molar-refractivity contribution < 1.29 is 17.3 Å². The van der Waals surface area contributed by atoms with E-state index in [1.807, 2.05) is 0 Å². The third kappa shape index (κ3) is 2.99. The van der Waals surface area contributed by atoms with Gasteiger partial charge in [-0.2, -0.15) is 0 Å². The van der Waals surface area contributed by atoms with Crippen LogP contribution in [0.1, 0.15) is 11.8 Å². The Labute approximate surface area is 83.6 Å². The van der Waals surface area contributed by atoms with Crippen LogP contribution in [0.2, 0.25) is 0 Å². The largest absolute Gasteiger partial charge is 0.497 e. The smallest absolute Gasteiger partial charge is 0.259 e. The number of ether oxygens (including phenoxy) is 1. The average Bonchev–Trinajstić information content (AvgIpc) is 2.17. The lowest BCUT2D eigenvalue weighted by Crippen LogP contribution is -2.13. The second-order valence-corrected chi connectivity index (χ2v) is 3.18. The van der Waals surface area contributed by atoms with Gasteiger partial charge in [-0.3, -0.25) is 0 Å². The van der Waals surface area contributed by atoms with Gasteiger partial charge in [0.25, 0.3) is 11.0 Å². The van der Waals surface area contributed by atoms with Crippen molar-refractivity contribution in [1.29, 1.82) is 0 Å². The van der Waals surface area contributed by atoms with Crippen LogP contribution in [0.3, 0.4) is 0 Å². The Balaban J connectivity index is 2.83. The van der Waals surface area contributed by atoms with E-state index in [4.69, 9.17) is 10.5 Å². The molecule has 0 aliphatic heterocycles. The molecule has 5 nitrogen and oxygen atoms in total. The first-order chi connectivity index (χ1) is 6.63. The molecule has 1 rings (SSSR count). The Bertz CT molecular complexity index is 369. The van der Waals surface area contributed by atoms with E-state index in [1.165, 1.54) is 7.11 Å². The summed E-state index contributed by atoms with van der Waals surface area (Å²) < 4.78 is 29.8. The Morgan fingerprint density at radius 2 is 2.14 bits per heavy atom. The zero-order valence-electron chi connectivity index (χ0n) is 7.54. The molecule has 0 fully saturated rings. The second kappa shape index (κ2) is 4.94. The van der Waals surface area contributed by atoms with Crippen molar-refractivity contribution in [1.82, 2.24) is 0 Å². The van der Waals surface area contributed by atoms with E-state index in [-0.39, 0.29) is 0 Å². The first-order valence-corrected chi connectivity index (χ1v) is 4.93. The number of methoxy groups -OCH3 is 1. The summed E-state index contributed by atoms with van der Waals surface area (Å²) in [5, 5.41) is 0. The van der Waals surface area contributed by atoms with Gasteiger partial charge in [-0.05, 0) is 12.1 Å². The molecule has 0 saturated heterocycles. The van der Waals surface area contributed by atoms with Crippen molar-refractivity contribution in [2.75, 3.05) is 7.11 Å². The van der Waals surface area contributed by atoms with E-state index in [2.05, 4.69) is 4.18 Å². The topological polar surface area (TPSA) is 78.6 Å². The first kappa shape index (κ1) is 11.0. The summed E-state index contributed by atoms with van der Waals surface area (Å²) in [5.41, 5.74) is 6.00. The molecule has 1 aromatic carbocycles. The highest BCUT2D eigenvalue weighted by atomic mass is 32.2. The molecule has 1 aromatic rings. The molecule has 6 heteroatoms. The Hall–Kier alpha value is -1.11. The molecule has 0 amide bonds. The van der Waals surface area contributed by atoms with E-state index in [0.29, 0.717) is 11.3 Å². The van der Waals surface area contributed by atoms with E-state index >= 15 is 0 Å². The fraction of sp³-hybridized carbons (Fsp3) is 0.250.